The Morgan fingerprint density at radius 1 is 1.12 bits per heavy atom. The zero-order valence-corrected chi connectivity index (χ0v) is 14.7. The molecule has 7 nitrogen and oxygen atoms in total. The molecule has 1 aliphatic carbocycles. The van der Waals surface area contributed by atoms with Crippen molar-refractivity contribution in [3.63, 3.8) is 0 Å². The van der Waals surface area contributed by atoms with Crippen LogP contribution in [0.2, 0.25) is 0 Å². The van der Waals surface area contributed by atoms with Crippen LogP contribution in [0.3, 0.4) is 0 Å². The lowest BCUT2D eigenvalue weighted by Crippen LogP contribution is -2.35. The SMILES string of the molecule is N#CC1(C(=O)Nc2ccc(NC(=O)NCC3CCCO3)cc2)CCCC1. The largest absolute Gasteiger partial charge is 0.376 e. The van der Waals surface area contributed by atoms with E-state index in [1.54, 1.807) is 24.3 Å². The highest BCUT2D eigenvalue weighted by atomic mass is 16.5. The van der Waals surface area contributed by atoms with E-state index >= 15 is 0 Å². The number of rotatable bonds is 5. The van der Waals surface area contributed by atoms with E-state index in [0.29, 0.717) is 30.8 Å². The van der Waals surface area contributed by atoms with Crippen LogP contribution in [0.1, 0.15) is 38.5 Å². The van der Waals surface area contributed by atoms with Gasteiger partial charge in [0.2, 0.25) is 5.91 Å². The molecule has 7 heteroatoms. The number of hydrogen-bond acceptors (Lipinski definition) is 4. The summed E-state index contributed by atoms with van der Waals surface area (Å²) < 4.78 is 5.46. The molecule has 2 aliphatic rings. The molecule has 3 amide bonds. The highest BCUT2D eigenvalue weighted by Gasteiger charge is 2.41. The van der Waals surface area contributed by atoms with Crippen LogP contribution in [0, 0.1) is 16.7 Å². The third-order valence-corrected chi connectivity index (χ3v) is 5.02. The fourth-order valence-electron chi connectivity index (χ4n) is 3.44. The Balaban J connectivity index is 1.49. The van der Waals surface area contributed by atoms with Gasteiger partial charge in [0.15, 0.2) is 0 Å². The van der Waals surface area contributed by atoms with Crippen molar-refractivity contribution in [2.45, 2.75) is 44.6 Å². The highest BCUT2D eigenvalue weighted by molar-refractivity contribution is 5.97. The molecule has 0 spiro atoms. The van der Waals surface area contributed by atoms with Crippen molar-refractivity contribution in [3.8, 4) is 6.07 Å². The van der Waals surface area contributed by atoms with E-state index in [2.05, 4.69) is 22.0 Å². The number of anilines is 2. The average molecular weight is 356 g/mol. The van der Waals surface area contributed by atoms with Gasteiger partial charge in [-0.3, -0.25) is 4.79 Å². The number of ether oxygens (including phenoxy) is 1. The number of nitriles is 1. The number of nitrogens with one attached hydrogen (secondary N) is 3. The molecule has 1 saturated heterocycles. The molecule has 1 saturated carbocycles. The molecule has 3 N–H and O–H groups in total. The first-order valence-corrected chi connectivity index (χ1v) is 9.10. The molecular formula is C19H24N4O3. The molecule has 138 valence electrons. The fraction of sp³-hybridized carbons (Fsp3) is 0.526. The number of carbonyl (C=O) groups is 2. The summed E-state index contributed by atoms with van der Waals surface area (Å²) in [7, 11) is 0. The van der Waals surface area contributed by atoms with Gasteiger partial charge in [0.05, 0.1) is 12.2 Å². The molecule has 1 aromatic rings. The van der Waals surface area contributed by atoms with Crippen LogP contribution < -0.4 is 16.0 Å². The standard InChI is InChI=1S/C19H24N4O3/c20-13-19(9-1-2-10-19)17(24)22-14-5-7-15(8-6-14)23-18(25)21-12-16-4-3-11-26-16/h5-8,16H,1-4,9-12H2,(H,22,24)(H2,21,23,25). The van der Waals surface area contributed by atoms with Gasteiger partial charge in [0.1, 0.15) is 5.41 Å². The molecule has 26 heavy (non-hydrogen) atoms. The van der Waals surface area contributed by atoms with E-state index in [9.17, 15) is 14.9 Å². The molecular weight excluding hydrogens is 332 g/mol. The molecule has 0 bridgehead atoms. The molecule has 1 aromatic carbocycles. The van der Waals surface area contributed by atoms with E-state index in [-0.39, 0.29) is 18.0 Å². The Hall–Kier alpha value is -2.59. The second kappa shape index (κ2) is 8.19. The van der Waals surface area contributed by atoms with Crippen LogP contribution in [0.25, 0.3) is 0 Å². The van der Waals surface area contributed by atoms with Crippen molar-refractivity contribution in [2.75, 3.05) is 23.8 Å². The molecule has 2 fully saturated rings. The van der Waals surface area contributed by atoms with Crippen LogP contribution in [-0.4, -0.2) is 31.2 Å². The maximum Gasteiger partial charge on any atom is 0.319 e. The van der Waals surface area contributed by atoms with Crippen molar-refractivity contribution in [2.24, 2.45) is 5.41 Å². The molecule has 1 atom stereocenters. The summed E-state index contributed by atoms with van der Waals surface area (Å²) in [4.78, 5) is 24.3. The van der Waals surface area contributed by atoms with Gasteiger partial charge in [-0.25, -0.2) is 4.79 Å². The van der Waals surface area contributed by atoms with E-state index in [1.165, 1.54) is 0 Å². The monoisotopic (exact) mass is 356 g/mol. The number of benzene rings is 1. The van der Waals surface area contributed by atoms with Crippen molar-refractivity contribution < 1.29 is 14.3 Å². The van der Waals surface area contributed by atoms with Crippen LogP contribution in [0.4, 0.5) is 16.2 Å². The van der Waals surface area contributed by atoms with E-state index in [4.69, 9.17) is 4.74 Å². The van der Waals surface area contributed by atoms with Crippen molar-refractivity contribution in [3.05, 3.63) is 24.3 Å². The van der Waals surface area contributed by atoms with Gasteiger partial charge in [0.25, 0.3) is 0 Å². The highest BCUT2D eigenvalue weighted by Crippen LogP contribution is 2.38. The molecule has 0 radical (unpaired) electrons. The summed E-state index contributed by atoms with van der Waals surface area (Å²) in [6, 6.07) is 8.77. The minimum atomic E-state index is -0.904. The predicted octanol–water partition coefficient (Wildman–Crippen LogP) is 3.01. The fourth-order valence-corrected chi connectivity index (χ4v) is 3.44. The third kappa shape index (κ3) is 4.33. The Bertz CT molecular complexity index is 684. The molecule has 3 rings (SSSR count). The molecule has 0 aromatic heterocycles. The quantitative estimate of drug-likeness (QED) is 0.754. The Morgan fingerprint density at radius 3 is 2.35 bits per heavy atom. The van der Waals surface area contributed by atoms with Crippen LogP contribution >= 0.6 is 0 Å². The second-order valence-electron chi connectivity index (χ2n) is 6.90. The van der Waals surface area contributed by atoms with Crippen LogP contribution in [0.15, 0.2) is 24.3 Å². The third-order valence-electron chi connectivity index (χ3n) is 5.02. The topological polar surface area (TPSA) is 103 Å². The molecule has 1 aliphatic heterocycles. The Labute approximate surface area is 153 Å². The van der Waals surface area contributed by atoms with Crippen LogP contribution in [-0.2, 0) is 9.53 Å². The van der Waals surface area contributed by atoms with Gasteiger partial charge >= 0.3 is 6.03 Å². The minimum Gasteiger partial charge on any atom is -0.376 e. The van der Waals surface area contributed by atoms with E-state index in [0.717, 1.165) is 32.3 Å². The summed E-state index contributed by atoms with van der Waals surface area (Å²) in [5.41, 5.74) is 0.338. The lowest BCUT2D eigenvalue weighted by Gasteiger charge is -2.19. The number of urea groups is 1. The van der Waals surface area contributed by atoms with Crippen molar-refractivity contribution >= 4 is 23.3 Å². The summed E-state index contributed by atoms with van der Waals surface area (Å²) in [6.07, 6.45) is 5.14. The van der Waals surface area contributed by atoms with Gasteiger partial charge in [-0.2, -0.15) is 5.26 Å². The van der Waals surface area contributed by atoms with E-state index in [1.807, 2.05) is 0 Å². The number of nitrogens with zero attached hydrogens (tertiary/aromatic N) is 1. The molecule has 1 unspecified atom stereocenters. The average Bonchev–Trinajstić information content (AvgIpc) is 3.34. The maximum atomic E-state index is 12.4. The van der Waals surface area contributed by atoms with Gasteiger partial charge in [-0.1, -0.05) is 12.8 Å². The maximum absolute atomic E-state index is 12.4. The normalized spacial score (nSPS) is 21.0. The van der Waals surface area contributed by atoms with Gasteiger partial charge in [-0.05, 0) is 49.9 Å². The zero-order valence-electron chi connectivity index (χ0n) is 14.7. The van der Waals surface area contributed by atoms with Gasteiger partial charge in [-0.15, -0.1) is 0 Å². The summed E-state index contributed by atoms with van der Waals surface area (Å²) >= 11 is 0. The smallest absolute Gasteiger partial charge is 0.319 e. The number of amides is 3. The number of carbonyl (C=O) groups excluding carboxylic acids is 2. The first-order valence-electron chi connectivity index (χ1n) is 9.10. The summed E-state index contributed by atoms with van der Waals surface area (Å²) in [5, 5.41) is 17.7. The Kier molecular flexibility index (Phi) is 5.74. The summed E-state index contributed by atoms with van der Waals surface area (Å²) in [6.45, 7) is 1.25. The summed E-state index contributed by atoms with van der Waals surface area (Å²) in [5.74, 6) is -0.243. The van der Waals surface area contributed by atoms with Gasteiger partial charge in [0, 0.05) is 24.5 Å². The van der Waals surface area contributed by atoms with Crippen molar-refractivity contribution in [1.29, 1.82) is 5.26 Å². The minimum absolute atomic E-state index is 0.0985. The lowest BCUT2D eigenvalue weighted by atomic mass is 9.87. The zero-order chi connectivity index (χ0) is 18.4. The molecule has 1 heterocycles. The lowest BCUT2D eigenvalue weighted by molar-refractivity contribution is -0.122. The predicted molar refractivity (Wildman–Crippen MR) is 97.6 cm³/mol. The number of hydrogen-bond donors (Lipinski definition) is 3. The van der Waals surface area contributed by atoms with Crippen LogP contribution in [0.5, 0.6) is 0 Å². The second-order valence-corrected chi connectivity index (χ2v) is 6.90. The first kappa shape index (κ1) is 18.2. The Morgan fingerprint density at radius 2 is 1.77 bits per heavy atom. The first-order chi connectivity index (χ1) is 12.6. The van der Waals surface area contributed by atoms with Crippen molar-refractivity contribution in [1.82, 2.24) is 5.32 Å². The van der Waals surface area contributed by atoms with E-state index < -0.39 is 5.41 Å². The van der Waals surface area contributed by atoms with Gasteiger partial charge < -0.3 is 20.7 Å².